The van der Waals surface area contributed by atoms with E-state index in [2.05, 4.69) is 20.4 Å². The molecular weight excluding hydrogens is 124 g/mol. The van der Waals surface area contributed by atoms with E-state index in [0.717, 1.165) is 5.92 Å². The molecular formula is C9H12O. The first-order valence-electron chi connectivity index (χ1n) is 3.16. The number of carbonyl (C=O) groups is 1. The van der Waals surface area contributed by atoms with E-state index in [1.54, 1.807) is 0 Å². The monoisotopic (exact) mass is 136 g/mol. The lowest BCUT2D eigenvalue weighted by Gasteiger charge is -1.99. The fourth-order valence-electron chi connectivity index (χ4n) is 0.521. The lowest BCUT2D eigenvalue weighted by molar-refractivity contribution is -0.114. The van der Waals surface area contributed by atoms with E-state index in [4.69, 9.17) is 0 Å². The van der Waals surface area contributed by atoms with E-state index in [1.165, 1.54) is 6.08 Å². The van der Waals surface area contributed by atoms with Crippen molar-refractivity contribution in [3.05, 3.63) is 38.8 Å². The van der Waals surface area contributed by atoms with Gasteiger partial charge in [0.1, 0.15) is 0 Å². The highest BCUT2D eigenvalue weighted by molar-refractivity contribution is 5.89. The summed E-state index contributed by atoms with van der Waals surface area (Å²) in [5.41, 5.74) is 0. The van der Waals surface area contributed by atoms with Crippen molar-refractivity contribution in [2.24, 2.45) is 0 Å². The zero-order chi connectivity index (χ0) is 7.98. The van der Waals surface area contributed by atoms with Gasteiger partial charge in [-0.25, -0.2) is 0 Å². The van der Waals surface area contributed by atoms with Crippen molar-refractivity contribution in [2.45, 2.75) is 12.8 Å². The van der Waals surface area contributed by atoms with Crippen LogP contribution in [0.3, 0.4) is 0 Å². The van der Waals surface area contributed by atoms with Gasteiger partial charge in [-0.2, -0.15) is 0 Å². The molecule has 54 valence electrons. The van der Waals surface area contributed by atoms with E-state index >= 15 is 0 Å². The molecule has 0 saturated carbocycles. The first-order valence-corrected chi connectivity index (χ1v) is 3.16. The highest BCUT2D eigenvalue weighted by Crippen LogP contribution is 2.05. The average molecular weight is 136 g/mol. The second-order valence-electron chi connectivity index (χ2n) is 2.07. The normalized spacial score (nSPS) is 9.90. The summed E-state index contributed by atoms with van der Waals surface area (Å²) >= 11 is 0. The number of ketones is 1. The number of allylic oxidation sites excluding steroid dienone is 1. The Balaban J connectivity index is 3.19. The fourth-order valence-corrected chi connectivity index (χ4v) is 0.521. The molecule has 0 fully saturated rings. The van der Waals surface area contributed by atoms with Crippen LogP contribution in [0, 0.1) is 26.2 Å². The van der Waals surface area contributed by atoms with E-state index in [0.29, 0.717) is 12.8 Å². The molecule has 0 aromatic carbocycles. The molecule has 0 N–H and O–H groups in total. The number of hydrogen-bond acceptors (Lipinski definition) is 1. The van der Waals surface area contributed by atoms with Crippen molar-refractivity contribution in [3.63, 3.8) is 0 Å². The van der Waals surface area contributed by atoms with Gasteiger partial charge in [0.15, 0.2) is 5.78 Å². The van der Waals surface area contributed by atoms with Crippen LogP contribution in [0.25, 0.3) is 0 Å². The number of hydrogen-bond donors (Lipinski definition) is 0. The first-order chi connectivity index (χ1) is 4.66. The van der Waals surface area contributed by atoms with Crippen LogP contribution >= 0.6 is 0 Å². The van der Waals surface area contributed by atoms with Crippen LogP contribution in [0.15, 0.2) is 12.7 Å². The largest absolute Gasteiger partial charge is 0.295 e. The summed E-state index contributed by atoms with van der Waals surface area (Å²) in [5, 5.41) is 0. The van der Waals surface area contributed by atoms with Gasteiger partial charge in [-0.05, 0) is 38.7 Å². The predicted octanol–water partition coefficient (Wildman–Crippen LogP) is 1.97. The third-order valence-corrected chi connectivity index (χ3v) is 1.05. The fraction of sp³-hybridized carbons (Fsp3) is 0.222. The Morgan fingerprint density at radius 2 is 2.00 bits per heavy atom. The molecule has 0 heterocycles. The van der Waals surface area contributed by atoms with Gasteiger partial charge in [-0.15, -0.1) is 0 Å². The van der Waals surface area contributed by atoms with Gasteiger partial charge in [-0.3, -0.25) is 4.79 Å². The Labute approximate surface area is 63.1 Å². The molecule has 0 aromatic heterocycles. The molecule has 0 saturated heterocycles. The SMILES string of the molecule is [CH2][C]([CH2])[CH]CCC(=O)C=C. The standard InChI is InChI=1S/C9H12O/c1-4-9(10)7-5-6-8(2)3/h4,6H,1-3,5,7H2. The van der Waals surface area contributed by atoms with Crippen molar-refractivity contribution in [1.82, 2.24) is 0 Å². The van der Waals surface area contributed by atoms with Crippen LogP contribution in [-0.4, -0.2) is 5.78 Å². The topological polar surface area (TPSA) is 17.1 Å². The second kappa shape index (κ2) is 5.21. The van der Waals surface area contributed by atoms with Crippen molar-refractivity contribution in [2.75, 3.05) is 0 Å². The Kier molecular flexibility index (Phi) is 4.91. The molecule has 0 unspecified atom stereocenters. The summed E-state index contributed by atoms with van der Waals surface area (Å²) in [4.78, 5) is 10.6. The summed E-state index contributed by atoms with van der Waals surface area (Å²) in [6.45, 7) is 10.5. The summed E-state index contributed by atoms with van der Waals surface area (Å²) < 4.78 is 0. The number of carbonyl (C=O) groups excluding carboxylic acids is 1. The molecule has 0 rings (SSSR count). The molecule has 0 aromatic rings. The number of rotatable bonds is 5. The molecule has 0 atom stereocenters. The molecule has 0 aliphatic rings. The highest BCUT2D eigenvalue weighted by Gasteiger charge is 1.98. The minimum absolute atomic E-state index is 0.0671. The van der Waals surface area contributed by atoms with E-state index in [-0.39, 0.29) is 5.78 Å². The minimum atomic E-state index is 0.0671. The van der Waals surface area contributed by atoms with E-state index in [9.17, 15) is 4.79 Å². The zero-order valence-electron chi connectivity index (χ0n) is 6.10. The third kappa shape index (κ3) is 5.54. The highest BCUT2D eigenvalue weighted by atomic mass is 16.1. The van der Waals surface area contributed by atoms with Gasteiger partial charge < -0.3 is 0 Å². The van der Waals surface area contributed by atoms with Gasteiger partial charge in [0.2, 0.25) is 0 Å². The maximum Gasteiger partial charge on any atom is 0.155 e. The Hall–Kier alpha value is -0.590. The molecule has 0 aliphatic heterocycles. The minimum Gasteiger partial charge on any atom is -0.295 e. The summed E-state index contributed by atoms with van der Waals surface area (Å²) in [5.74, 6) is 0.828. The van der Waals surface area contributed by atoms with Crippen molar-refractivity contribution < 1.29 is 4.79 Å². The lowest BCUT2D eigenvalue weighted by atomic mass is 10.1. The van der Waals surface area contributed by atoms with Gasteiger partial charge >= 0.3 is 0 Å². The molecule has 0 spiro atoms. The van der Waals surface area contributed by atoms with E-state index < -0.39 is 0 Å². The molecule has 10 heavy (non-hydrogen) atoms. The van der Waals surface area contributed by atoms with Gasteiger partial charge in [0, 0.05) is 6.42 Å². The maximum absolute atomic E-state index is 10.6. The van der Waals surface area contributed by atoms with Crippen molar-refractivity contribution in [1.29, 1.82) is 0 Å². The summed E-state index contributed by atoms with van der Waals surface area (Å²) in [7, 11) is 0. The van der Waals surface area contributed by atoms with Crippen LogP contribution in [-0.2, 0) is 4.79 Å². The molecule has 0 amide bonds. The van der Waals surface area contributed by atoms with E-state index in [1.807, 2.05) is 6.42 Å². The lowest BCUT2D eigenvalue weighted by Crippen LogP contribution is -1.94. The summed E-state index contributed by atoms with van der Waals surface area (Å²) in [6, 6.07) is 0. The van der Waals surface area contributed by atoms with Crippen LogP contribution in [0.2, 0.25) is 0 Å². The molecule has 0 aliphatic carbocycles. The van der Waals surface area contributed by atoms with Crippen LogP contribution in [0.4, 0.5) is 0 Å². The van der Waals surface area contributed by atoms with Crippen LogP contribution in [0.1, 0.15) is 12.8 Å². The van der Waals surface area contributed by atoms with Crippen LogP contribution < -0.4 is 0 Å². The molecule has 1 heteroatoms. The van der Waals surface area contributed by atoms with Crippen molar-refractivity contribution in [3.8, 4) is 0 Å². The van der Waals surface area contributed by atoms with Gasteiger partial charge in [-0.1, -0.05) is 6.58 Å². The molecule has 0 bridgehead atoms. The average Bonchev–Trinajstić information content (AvgIpc) is 1.87. The Bertz CT molecular complexity index is 114. The zero-order valence-corrected chi connectivity index (χ0v) is 6.10. The Morgan fingerprint density at radius 3 is 2.40 bits per heavy atom. The van der Waals surface area contributed by atoms with Crippen molar-refractivity contribution >= 4 is 5.78 Å². The quantitative estimate of drug-likeness (QED) is 0.528. The second-order valence-corrected chi connectivity index (χ2v) is 2.07. The van der Waals surface area contributed by atoms with Gasteiger partial charge in [0.05, 0.1) is 0 Å². The Morgan fingerprint density at radius 1 is 1.40 bits per heavy atom. The third-order valence-electron chi connectivity index (χ3n) is 1.05. The summed E-state index contributed by atoms with van der Waals surface area (Å²) in [6.07, 6.45) is 4.40. The smallest absolute Gasteiger partial charge is 0.155 e. The maximum atomic E-state index is 10.6. The predicted molar refractivity (Wildman–Crippen MR) is 42.7 cm³/mol. The van der Waals surface area contributed by atoms with Crippen LogP contribution in [0.5, 0.6) is 0 Å². The van der Waals surface area contributed by atoms with Gasteiger partial charge in [0.25, 0.3) is 0 Å². The molecule has 4 radical (unpaired) electrons. The first kappa shape index (κ1) is 9.41. The molecule has 1 nitrogen and oxygen atoms in total.